The lowest BCUT2D eigenvalue weighted by Gasteiger charge is -2.24. The lowest BCUT2D eigenvalue weighted by Crippen LogP contribution is -2.37. The fourth-order valence-corrected chi connectivity index (χ4v) is 4.48. The van der Waals surface area contributed by atoms with E-state index >= 15 is 0 Å². The van der Waals surface area contributed by atoms with Gasteiger partial charge < -0.3 is 14.2 Å². The Morgan fingerprint density at radius 2 is 1.35 bits per heavy atom. The van der Waals surface area contributed by atoms with Crippen molar-refractivity contribution in [2.24, 2.45) is 0 Å². The number of hydrogen-bond acceptors (Lipinski definition) is 6. The molecule has 0 spiro atoms. The zero-order valence-electron chi connectivity index (χ0n) is 17.0. The number of carbonyl (C=O) groups excluding carboxylic acids is 1. The summed E-state index contributed by atoms with van der Waals surface area (Å²) in [6, 6.07) is 16.4. The van der Waals surface area contributed by atoms with Crippen LogP contribution in [0, 0.1) is 0 Å². The van der Waals surface area contributed by atoms with Gasteiger partial charge in [0.1, 0.15) is 22.8 Å². The quantitative estimate of drug-likeness (QED) is 0.518. The molecule has 0 saturated heterocycles. The highest BCUT2D eigenvalue weighted by atomic mass is 35.5. The van der Waals surface area contributed by atoms with Crippen LogP contribution in [-0.4, -0.2) is 35.7 Å². The van der Waals surface area contributed by atoms with Crippen LogP contribution in [0.25, 0.3) is 0 Å². The highest BCUT2D eigenvalue weighted by Gasteiger charge is 2.35. The smallest absolute Gasteiger partial charge is 0.279 e. The number of methoxy groups -OCH3 is 3. The van der Waals surface area contributed by atoms with Gasteiger partial charge in [-0.05, 0) is 60.7 Å². The molecule has 3 aromatic rings. The minimum atomic E-state index is -4.31. The summed E-state index contributed by atoms with van der Waals surface area (Å²) in [5, 5.41) is 0.368. The Balaban J connectivity index is 2.24. The molecule has 7 nitrogen and oxygen atoms in total. The van der Waals surface area contributed by atoms with Crippen LogP contribution in [0.2, 0.25) is 5.02 Å². The van der Waals surface area contributed by atoms with Crippen molar-refractivity contribution in [3.8, 4) is 17.2 Å². The Morgan fingerprint density at radius 3 is 1.84 bits per heavy atom. The molecule has 0 unspecified atom stereocenters. The third-order valence-corrected chi connectivity index (χ3v) is 6.46. The van der Waals surface area contributed by atoms with Crippen LogP contribution < -0.4 is 18.5 Å². The van der Waals surface area contributed by atoms with E-state index < -0.39 is 15.9 Å². The first kappa shape index (κ1) is 22.5. The van der Waals surface area contributed by atoms with Gasteiger partial charge in [-0.3, -0.25) is 4.79 Å². The minimum Gasteiger partial charge on any atom is -0.497 e. The number of halogens is 1. The second kappa shape index (κ2) is 9.28. The van der Waals surface area contributed by atoms with E-state index in [0.717, 1.165) is 0 Å². The lowest BCUT2D eigenvalue weighted by molar-refractivity contribution is 0.0999. The monoisotopic (exact) mass is 461 g/mol. The Hall–Kier alpha value is -3.23. The average molecular weight is 462 g/mol. The zero-order valence-corrected chi connectivity index (χ0v) is 18.6. The van der Waals surface area contributed by atoms with E-state index in [0.29, 0.717) is 15.1 Å². The van der Waals surface area contributed by atoms with Crippen molar-refractivity contribution in [2.75, 3.05) is 25.6 Å². The number of ether oxygens (including phenoxy) is 3. The minimum absolute atomic E-state index is 0.0270. The van der Waals surface area contributed by atoms with Gasteiger partial charge >= 0.3 is 0 Å². The van der Waals surface area contributed by atoms with Crippen LogP contribution >= 0.6 is 11.6 Å². The Kier molecular flexibility index (Phi) is 6.72. The number of rotatable bonds is 7. The van der Waals surface area contributed by atoms with Crippen molar-refractivity contribution in [3.63, 3.8) is 0 Å². The Morgan fingerprint density at radius 1 is 0.806 bits per heavy atom. The number of sulfonamides is 1. The standard InChI is InChI=1S/C22H20ClNO6S/c1-28-17-11-9-16(10-12-17)24(31(26,27)18-13-7-15(23)8-14-18)22(25)21-19(29-2)5-4-6-20(21)30-3/h4-14H,1-3H3. The van der Waals surface area contributed by atoms with Crippen molar-refractivity contribution < 1.29 is 27.4 Å². The Bertz CT molecular complexity index is 1160. The molecule has 0 heterocycles. The molecule has 0 aliphatic rings. The van der Waals surface area contributed by atoms with E-state index in [-0.39, 0.29) is 27.6 Å². The van der Waals surface area contributed by atoms with E-state index in [1.165, 1.54) is 57.7 Å². The molecule has 9 heteroatoms. The third-order valence-electron chi connectivity index (χ3n) is 4.48. The van der Waals surface area contributed by atoms with Crippen LogP contribution in [0.5, 0.6) is 17.2 Å². The summed E-state index contributed by atoms with van der Waals surface area (Å²) in [7, 11) is -0.0546. The molecular formula is C22H20ClNO6S. The predicted molar refractivity (Wildman–Crippen MR) is 118 cm³/mol. The third kappa shape index (κ3) is 4.45. The Labute approximate surface area is 185 Å². The number of anilines is 1. The normalized spacial score (nSPS) is 11.0. The first-order valence-corrected chi connectivity index (χ1v) is 10.9. The van der Waals surface area contributed by atoms with Gasteiger partial charge in [0.05, 0.1) is 31.9 Å². The van der Waals surface area contributed by atoms with Gasteiger partial charge in [-0.2, -0.15) is 4.31 Å². The molecule has 3 aromatic carbocycles. The summed E-state index contributed by atoms with van der Waals surface area (Å²) < 4.78 is 43.6. The summed E-state index contributed by atoms with van der Waals surface area (Å²) in [6.45, 7) is 0. The SMILES string of the molecule is COc1ccc(N(C(=O)c2c(OC)cccc2OC)S(=O)(=O)c2ccc(Cl)cc2)cc1. The average Bonchev–Trinajstić information content (AvgIpc) is 2.79. The van der Waals surface area contributed by atoms with Crippen molar-refractivity contribution in [1.29, 1.82) is 0 Å². The van der Waals surface area contributed by atoms with Crippen LogP contribution in [0.4, 0.5) is 5.69 Å². The van der Waals surface area contributed by atoms with E-state index in [2.05, 4.69) is 0 Å². The molecule has 0 aliphatic carbocycles. The van der Waals surface area contributed by atoms with Gasteiger partial charge in [0.15, 0.2) is 0 Å². The van der Waals surface area contributed by atoms with Crippen molar-refractivity contribution in [1.82, 2.24) is 0 Å². The number of nitrogens with zero attached hydrogens (tertiary/aromatic N) is 1. The molecular weight excluding hydrogens is 442 g/mol. The molecule has 0 saturated carbocycles. The van der Waals surface area contributed by atoms with E-state index in [4.69, 9.17) is 25.8 Å². The highest BCUT2D eigenvalue weighted by Crippen LogP contribution is 2.34. The maximum absolute atomic E-state index is 13.7. The molecule has 0 bridgehead atoms. The van der Waals surface area contributed by atoms with Gasteiger partial charge in [0.2, 0.25) is 0 Å². The van der Waals surface area contributed by atoms with Crippen LogP contribution in [-0.2, 0) is 10.0 Å². The van der Waals surface area contributed by atoms with Crippen LogP contribution in [0.15, 0.2) is 71.6 Å². The fourth-order valence-electron chi connectivity index (χ4n) is 2.96. The number of amides is 1. The molecule has 0 aliphatic heterocycles. The summed E-state index contributed by atoms with van der Waals surface area (Å²) >= 11 is 5.91. The van der Waals surface area contributed by atoms with Gasteiger partial charge in [-0.1, -0.05) is 17.7 Å². The molecule has 1 amide bonds. The number of carbonyl (C=O) groups is 1. The molecule has 162 valence electrons. The number of hydrogen-bond donors (Lipinski definition) is 0. The van der Waals surface area contributed by atoms with E-state index in [1.807, 2.05) is 0 Å². The molecule has 3 rings (SSSR count). The van der Waals surface area contributed by atoms with Crippen LogP contribution in [0.3, 0.4) is 0 Å². The van der Waals surface area contributed by atoms with Crippen molar-refractivity contribution in [3.05, 3.63) is 77.3 Å². The van der Waals surface area contributed by atoms with Crippen molar-refractivity contribution >= 4 is 33.2 Å². The van der Waals surface area contributed by atoms with Crippen molar-refractivity contribution in [2.45, 2.75) is 4.90 Å². The van der Waals surface area contributed by atoms with Gasteiger partial charge in [-0.15, -0.1) is 0 Å². The molecule has 0 fully saturated rings. The van der Waals surface area contributed by atoms with Gasteiger partial charge in [0.25, 0.3) is 15.9 Å². The summed E-state index contributed by atoms with van der Waals surface area (Å²) in [5.41, 5.74) is 0.0922. The highest BCUT2D eigenvalue weighted by molar-refractivity contribution is 7.93. The molecule has 0 atom stereocenters. The summed E-state index contributed by atoms with van der Waals surface area (Å²) in [4.78, 5) is 13.6. The van der Waals surface area contributed by atoms with E-state index in [9.17, 15) is 13.2 Å². The van der Waals surface area contributed by atoms with Gasteiger partial charge in [-0.25, -0.2) is 8.42 Å². The molecule has 0 radical (unpaired) electrons. The summed E-state index contributed by atoms with van der Waals surface area (Å²) in [5.74, 6) is 0.0210. The maximum Gasteiger partial charge on any atom is 0.279 e. The zero-order chi connectivity index (χ0) is 22.6. The van der Waals surface area contributed by atoms with Gasteiger partial charge in [0, 0.05) is 5.02 Å². The van der Waals surface area contributed by atoms with Crippen LogP contribution in [0.1, 0.15) is 10.4 Å². The topological polar surface area (TPSA) is 82.1 Å². The molecule has 0 aromatic heterocycles. The first-order chi connectivity index (χ1) is 14.8. The maximum atomic E-state index is 13.7. The largest absolute Gasteiger partial charge is 0.497 e. The second-order valence-corrected chi connectivity index (χ2v) is 8.49. The summed E-state index contributed by atoms with van der Waals surface area (Å²) in [6.07, 6.45) is 0. The fraction of sp³-hybridized carbons (Fsp3) is 0.136. The molecule has 0 N–H and O–H groups in total. The lowest BCUT2D eigenvalue weighted by atomic mass is 10.1. The predicted octanol–water partition coefficient (Wildman–Crippen LogP) is 4.40. The van der Waals surface area contributed by atoms with E-state index in [1.54, 1.807) is 30.3 Å². The number of benzene rings is 3. The molecule has 31 heavy (non-hydrogen) atoms. The first-order valence-electron chi connectivity index (χ1n) is 9.03. The second-order valence-electron chi connectivity index (χ2n) is 6.26.